The molecular weight excluding hydrogens is 404 g/mol. The lowest BCUT2D eigenvalue weighted by Crippen LogP contribution is -2.51. The Bertz CT molecular complexity index is 861. The molecule has 1 saturated heterocycles. The van der Waals surface area contributed by atoms with Crippen molar-refractivity contribution >= 4 is 12.0 Å². The van der Waals surface area contributed by atoms with E-state index in [1.165, 1.54) is 11.6 Å². The second kappa shape index (κ2) is 10.5. The predicted molar refractivity (Wildman–Crippen MR) is 126 cm³/mol. The Morgan fingerprint density at radius 2 is 1.97 bits per heavy atom. The molecule has 3 rings (SSSR count). The van der Waals surface area contributed by atoms with Crippen molar-refractivity contribution in [3.05, 3.63) is 59.7 Å². The van der Waals surface area contributed by atoms with Crippen LogP contribution in [0.1, 0.15) is 45.6 Å². The van der Waals surface area contributed by atoms with Gasteiger partial charge in [-0.05, 0) is 55.0 Å². The van der Waals surface area contributed by atoms with Crippen LogP contribution < -0.4 is 4.74 Å². The number of carbonyl (C=O) groups excluding carboxylic acids is 1. The Labute approximate surface area is 192 Å². The zero-order valence-corrected chi connectivity index (χ0v) is 19.9. The molecule has 1 aliphatic carbocycles. The van der Waals surface area contributed by atoms with Gasteiger partial charge in [-0.3, -0.25) is 0 Å². The lowest BCUT2D eigenvalue weighted by Gasteiger charge is -2.42. The smallest absolute Gasteiger partial charge is 0.331 e. The van der Waals surface area contributed by atoms with Gasteiger partial charge in [0.15, 0.2) is 0 Å². The van der Waals surface area contributed by atoms with Crippen molar-refractivity contribution in [1.29, 1.82) is 0 Å². The van der Waals surface area contributed by atoms with Gasteiger partial charge < -0.3 is 18.9 Å². The van der Waals surface area contributed by atoms with E-state index in [9.17, 15) is 4.79 Å². The minimum atomic E-state index is -0.409. The summed E-state index contributed by atoms with van der Waals surface area (Å²) < 4.78 is 22.9. The quantitative estimate of drug-likeness (QED) is 0.224. The molecule has 1 spiro atoms. The molecule has 1 saturated carbocycles. The van der Waals surface area contributed by atoms with Crippen LogP contribution in [-0.4, -0.2) is 44.6 Å². The van der Waals surface area contributed by atoms with Crippen LogP contribution in [0, 0.1) is 11.8 Å². The van der Waals surface area contributed by atoms with Crippen LogP contribution in [0.2, 0.25) is 0 Å². The number of hydrogen-bond acceptors (Lipinski definition) is 5. The van der Waals surface area contributed by atoms with Crippen LogP contribution in [0.4, 0.5) is 0 Å². The van der Waals surface area contributed by atoms with Gasteiger partial charge in [-0.15, -0.1) is 0 Å². The molecule has 0 unspecified atom stereocenters. The number of ether oxygens (including phenoxy) is 4. The third-order valence-corrected chi connectivity index (χ3v) is 6.47. The summed E-state index contributed by atoms with van der Waals surface area (Å²) in [4.78, 5) is 12.6. The molecule has 1 aliphatic heterocycles. The standard InChI is InChI=1S/C27H36O5/c1-18(2)8-7-9-19(3)25-26(30-6)23(16-20(4)27(25)17-31-27)32-24(28)15-12-21-10-13-22(29-5)14-11-21/h9-15,18,23,25-26H,4,7-8,16-17H2,1-3,5-6H3/b15-12+,19-9+/t23-,25+,26-,27-/m1/s1. The molecule has 2 fully saturated rings. The average Bonchev–Trinajstić information content (AvgIpc) is 3.56. The zero-order chi connectivity index (χ0) is 23.3. The number of carbonyl (C=O) groups is 1. The first-order valence-electron chi connectivity index (χ1n) is 11.3. The van der Waals surface area contributed by atoms with Crippen LogP contribution in [0.25, 0.3) is 6.08 Å². The van der Waals surface area contributed by atoms with Crippen molar-refractivity contribution in [3.8, 4) is 5.75 Å². The van der Waals surface area contributed by atoms with Crippen molar-refractivity contribution in [2.45, 2.75) is 57.8 Å². The highest BCUT2D eigenvalue weighted by Gasteiger charge is 2.62. The van der Waals surface area contributed by atoms with Gasteiger partial charge in [0, 0.05) is 25.5 Å². The first kappa shape index (κ1) is 24.3. The monoisotopic (exact) mass is 440 g/mol. The molecule has 1 aromatic carbocycles. The van der Waals surface area contributed by atoms with E-state index in [2.05, 4.69) is 33.4 Å². The number of methoxy groups -OCH3 is 2. The lowest BCUT2D eigenvalue weighted by molar-refractivity contribution is -0.156. The van der Waals surface area contributed by atoms with Crippen LogP contribution >= 0.6 is 0 Å². The van der Waals surface area contributed by atoms with Crippen LogP contribution in [0.5, 0.6) is 5.75 Å². The maximum absolute atomic E-state index is 12.6. The third kappa shape index (κ3) is 5.51. The Hall–Kier alpha value is -2.37. The molecule has 1 aromatic rings. The van der Waals surface area contributed by atoms with Gasteiger partial charge in [-0.25, -0.2) is 4.79 Å². The van der Waals surface area contributed by atoms with E-state index in [1.54, 1.807) is 20.3 Å². The highest BCUT2D eigenvalue weighted by Crippen LogP contribution is 2.53. The minimum Gasteiger partial charge on any atom is -0.497 e. The molecule has 0 radical (unpaired) electrons. The van der Waals surface area contributed by atoms with Gasteiger partial charge in [-0.2, -0.15) is 0 Å². The molecule has 4 atom stereocenters. The summed E-state index contributed by atoms with van der Waals surface area (Å²) in [5, 5.41) is 0. The summed E-state index contributed by atoms with van der Waals surface area (Å²) in [5.74, 6) is 1.01. The van der Waals surface area contributed by atoms with E-state index in [0.29, 0.717) is 18.9 Å². The minimum absolute atomic E-state index is 0.00993. The Balaban J connectivity index is 1.72. The molecule has 0 bridgehead atoms. The van der Waals surface area contributed by atoms with E-state index in [-0.39, 0.29) is 17.6 Å². The largest absolute Gasteiger partial charge is 0.497 e. The molecule has 32 heavy (non-hydrogen) atoms. The van der Waals surface area contributed by atoms with E-state index in [1.807, 2.05) is 24.3 Å². The Morgan fingerprint density at radius 1 is 1.28 bits per heavy atom. The molecule has 2 aliphatic rings. The van der Waals surface area contributed by atoms with Crippen LogP contribution in [-0.2, 0) is 19.0 Å². The van der Waals surface area contributed by atoms with Crippen LogP contribution in [0.15, 0.2) is 54.1 Å². The SMILES string of the molecule is C=C1C[C@@H](OC(=O)/C=C/c2ccc(OC)cc2)[C@@H](OC)[C@H](/C(C)=C/CCC(C)C)[C@@]12CO2. The number of allylic oxidation sites excluding steroid dienone is 1. The molecular formula is C27H36O5. The maximum atomic E-state index is 12.6. The number of hydrogen-bond donors (Lipinski definition) is 0. The highest BCUT2D eigenvalue weighted by molar-refractivity contribution is 5.87. The first-order valence-corrected chi connectivity index (χ1v) is 11.3. The topological polar surface area (TPSA) is 57.3 Å². The van der Waals surface area contributed by atoms with Gasteiger partial charge in [-0.1, -0.05) is 44.2 Å². The Morgan fingerprint density at radius 3 is 2.53 bits per heavy atom. The average molecular weight is 441 g/mol. The van der Waals surface area contributed by atoms with Crippen molar-refractivity contribution in [2.24, 2.45) is 11.8 Å². The predicted octanol–water partition coefficient (Wildman–Crippen LogP) is 5.36. The highest BCUT2D eigenvalue weighted by atomic mass is 16.6. The Kier molecular flexibility index (Phi) is 7.96. The van der Waals surface area contributed by atoms with E-state index < -0.39 is 12.1 Å². The second-order valence-electron chi connectivity index (χ2n) is 9.17. The van der Waals surface area contributed by atoms with Crippen molar-refractivity contribution < 1.29 is 23.7 Å². The first-order chi connectivity index (χ1) is 15.3. The van der Waals surface area contributed by atoms with Gasteiger partial charge >= 0.3 is 5.97 Å². The van der Waals surface area contributed by atoms with Crippen molar-refractivity contribution in [3.63, 3.8) is 0 Å². The van der Waals surface area contributed by atoms with Crippen molar-refractivity contribution in [1.82, 2.24) is 0 Å². The fourth-order valence-corrected chi connectivity index (χ4v) is 4.56. The molecule has 0 amide bonds. The second-order valence-corrected chi connectivity index (χ2v) is 9.17. The molecule has 1 heterocycles. The fraction of sp³-hybridized carbons (Fsp3) is 0.519. The zero-order valence-electron chi connectivity index (χ0n) is 19.9. The van der Waals surface area contributed by atoms with Crippen molar-refractivity contribution in [2.75, 3.05) is 20.8 Å². The molecule has 5 heteroatoms. The van der Waals surface area contributed by atoms with Crippen LogP contribution in [0.3, 0.4) is 0 Å². The summed E-state index contributed by atoms with van der Waals surface area (Å²) in [7, 11) is 3.30. The van der Waals surface area contributed by atoms with Gasteiger partial charge in [0.2, 0.25) is 0 Å². The molecule has 5 nitrogen and oxygen atoms in total. The van der Waals surface area contributed by atoms with Gasteiger partial charge in [0.05, 0.1) is 13.7 Å². The summed E-state index contributed by atoms with van der Waals surface area (Å²) >= 11 is 0. The molecule has 0 N–H and O–H groups in total. The summed E-state index contributed by atoms with van der Waals surface area (Å²) in [6.07, 6.45) is 7.46. The summed E-state index contributed by atoms with van der Waals surface area (Å²) in [6.45, 7) is 11.5. The summed E-state index contributed by atoms with van der Waals surface area (Å²) in [6, 6.07) is 7.48. The lowest BCUT2D eigenvalue weighted by atomic mass is 9.69. The normalized spacial score (nSPS) is 27.9. The summed E-state index contributed by atoms with van der Waals surface area (Å²) in [5.41, 5.74) is 2.70. The number of epoxide rings is 1. The van der Waals surface area contributed by atoms with Gasteiger partial charge in [0.25, 0.3) is 0 Å². The molecule has 174 valence electrons. The number of esters is 1. The third-order valence-electron chi connectivity index (χ3n) is 6.47. The fourth-order valence-electron chi connectivity index (χ4n) is 4.56. The molecule has 0 aromatic heterocycles. The van der Waals surface area contributed by atoms with Gasteiger partial charge in [0.1, 0.15) is 23.6 Å². The number of rotatable bonds is 9. The van der Waals surface area contributed by atoms with E-state index >= 15 is 0 Å². The number of benzene rings is 1. The van der Waals surface area contributed by atoms with E-state index in [4.69, 9.17) is 18.9 Å². The maximum Gasteiger partial charge on any atom is 0.331 e. The van der Waals surface area contributed by atoms with E-state index in [0.717, 1.165) is 29.7 Å².